The van der Waals surface area contributed by atoms with Gasteiger partial charge in [0.2, 0.25) is 0 Å². The lowest BCUT2D eigenvalue weighted by molar-refractivity contribution is -0.139. The van der Waals surface area contributed by atoms with E-state index < -0.39 is 11.9 Å². The van der Waals surface area contributed by atoms with Gasteiger partial charge in [-0.15, -0.1) is 0 Å². The molecular weight excluding hydrogens is 172 g/mol. The van der Waals surface area contributed by atoms with Crippen LogP contribution in [0.15, 0.2) is 11.1 Å². The van der Waals surface area contributed by atoms with Gasteiger partial charge in [0.25, 0.3) is 0 Å². The molecule has 1 fully saturated rings. The van der Waals surface area contributed by atoms with Gasteiger partial charge >= 0.3 is 11.9 Å². The number of allylic oxidation sites excluding steroid dienone is 1. The lowest BCUT2D eigenvalue weighted by Gasteiger charge is -2.03. The molecule has 1 aliphatic carbocycles. The summed E-state index contributed by atoms with van der Waals surface area (Å²) in [6.07, 6.45) is 3.09. The number of hydrogen-bond acceptors (Lipinski definition) is 2. The minimum Gasteiger partial charge on any atom is -0.481 e. The summed E-state index contributed by atoms with van der Waals surface area (Å²) in [5.41, 5.74) is 0.903. The molecule has 4 heteroatoms. The molecule has 1 rings (SSSR count). The fraction of sp³-hybridized carbons (Fsp3) is 0.556. The molecule has 4 nitrogen and oxygen atoms in total. The molecule has 72 valence electrons. The summed E-state index contributed by atoms with van der Waals surface area (Å²) in [5.74, 6) is -2.16. The van der Waals surface area contributed by atoms with Crippen LogP contribution in [0.3, 0.4) is 0 Å². The molecule has 0 aromatic rings. The molecule has 0 aromatic carbocycles. The van der Waals surface area contributed by atoms with Crippen molar-refractivity contribution in [3.05, 3.63) is 11.1 Å². The van der Waals surface area contributed by atoms with E-state index >= 15 is 0 Å². The second-order valence-corrected chi connectivity index (χ2v) is 3.16. The monoisotopic (exact) mass is 184 g/mol. The first-order chi connectivity index (χ1) is 6.11. The summed E-state index contributed by atoms with van der Waals surface area (Å²) in [6.45, 7) is 0. The molecule has 13 heavy (non-hydrogen) atoms. The second-order valence-electron chi connectivity index (χ2n) is 3.16. The Hall–Kier alpha value is -1.32. The zero-order valence-corrected chi connectivity index (χ0v) is 7.25. The fourth-order valence-electron chi connectivity index (χ4n) is 1.61. The number of carbonyl (C=O) groups is 2. The minimum atomic E-state index is -1.08. The van der Waals surface area contributed by atoms with Crippen molar-refractivity contribution in [3.8, 4) is 0 Å². The van der Waals surface area contributed by atoms with Gasteiger partial charge < -0.3 is 10.2 Å². The molecular formula is C9H12O4. The van der Waals surface area contributed by atoms with Crippen LogP contribution in [0.4, 0.5) is 0 Å². The van der Waals surface area contributed by atoms with Crippen LogP contribution in [0.25, 0.3) is 0 Å². The van der Waals surface area contributed by atoms with Crippen LogP contribution in [0.5, 0.6) is 0 Å². The Labute approximate surface area is 75.9 Å². The summed E-state index contributed by atoms with van der Waals surface area (Å²) in [6, 6.07) is 0. The van der Waals surface area contributed by atoms with Crippen LogP contribution in [-0.2, 0) is 9.59 Å². The van der Waals surface area contributed by atoms with Crippen LogP contribution in [0.2, 0.25) is 0 Å². The fourth-order valence-corrected chi connectivity index (χ4v) is 1.61. The molecule has 2 N–H and O–H groups in total. The molecule has 0 radical (unpaired) electrons. The predicted molar refractivity (Wildman–Crippen MR) is 45.4 cm³/mol. The third-order valence-corrected chi connectivity index (χ3v) is 2.22. The van der Waals surface area contributed by atoms with Gasteiger partial charge in [0.15, 0.2) is 0 Å². The molecule has 0 amide bonds. The van der Waals surface area contributed by atoms with E-state index in [9.17, 15) is 9.59 Å². The predicted octanol–water partition coefficient (Wildman–Crippen LogP) is 1.42. The Kier molecular flexibility index (Phi) is 3.06. The quantitative estimate of drug-likeness (QED) is 0.650. The van der Waals surface area contributed by atoms with Gasteiger partial charge in [-0.2, -0.15) is 0 Å². The lowest BCUT2D eigenvalue weighted by atomic mass is 10.0. The van der Waals surface area contributed by atoms with E-state index in [1.165, 1.54) is 0 Å². The van der Waals surface area contributed by atoms with Crippen molar-refractivity contribution in [1.82, 2.24) is 0 Å². The molecule has 0 aliphatic heterocycles. The average Bonchev–Trinajstić information content (AvgIpc) is 2.50. The summed E-state index contributed by atoms with van der Waals surface area (Å²) in [7, 11) is 0. The molecule has 0 aromatic heterocycles. The number of rotatable bonds is 3. The Balaban J connectivity index is 2.82. The topological polar surface area (TPSA) is 74.6 Å². The highest BCUT2D eigenvalue weighted by atomic mass is 16.4. The number of aliphatic carboxylic acids is 2. The zero-order valence-electron chi connectivity index (χ0n) is 7.25. The maximum Gasteiger partial charge on any atom is 0.332 e. The van der Waals surface area contributed by atoms with Crippen LogP contribution in [0, 0.1) is 0 Å². The standard InChI is InChI=1S/C9H12O4/c10-8(11)5-7(9(12)13)6-3-1-2-4-6/h1-5H2,(H,10,11)(H,12,13). The van der Waals surface area contributed by atoms with E-state index in [4.69, 9.17) is 10.2 Å². The molecule has 0 unspecified atom stereocenters. The van der Waals surface area contributed by atoms with Gasteiger partial charge in [0, 0.05) is 5.57 Å². The third kappa shape index (κ3) is 2.57. The first-order valence-corrected chi connectivity index (χ1v) is 4.27. The van der Waals surface area contributed by atoms with Gasteiger partial charge in [-0.3, -0.25) is 4.79 Å². The molecule has 1 saturated carbocycles. The normalized spacial score (nSPS) is 15.8. The Morgan fingerprint density at radius 2 is 1.69 bits per heavy atom. The molecule has 0 bridgehead atoms. The van der Waals surface area contributed by atoms with Crippen LogP contribution >= 0.6 is 0 Å². The average molecular weight is 184 g/mol. The van der Waals surface area contributed by atoms with E-state index in [1.807, 2.05) is 0 Å². The number of carboxylic acids is 2. The van der Waals surface area contributed by atoms with Crippen molar-refractivity contribution in [2.24, 2.45) is 0 Å². The second kappa shape index (κ2) is 4.07. The SMILES string of the molecule is O=C(O)CC(C(=O)O)=C1CCCC1. The van der Waals surface area contributed by atoms with Gasteiger partial charge in [-0.1, -0.05) is 5.57 Å². The number of hydrogen-bond donors (Lipinski definition) is 2. The molecule has 0 saturated heterocycles. The molecule has 0 spiro atoms. The first kappa shape index (κ1) is 9.77. The highest BCUT2D eigenvalue weighted by molar-refractivity contribution is 5.92. The van der Waals surface area contributed by atoms with Gasteiger partial charge in [0.05, 0.1) is 6.42 Å². The lowest BCUT2D eigenvalue weighted by Crippen LogP contribution is -2.09. The van der Waals surface area contributed by atoms with Gasteiger partial charge in [-0.25, -0.2) is 4.79 Å². The van der Waals surface area contributed by atoms with Crippen LogP contribution < -0.4 is 0 Å². The van der Waals surface area contributed by atoms with Crippen molar-refractivity contribution in [2.45, 2.75) is 32.1 Å². The van der Waals surface area contributed by atoms with Crippen molar-refractivity contribution >= 4 is 11.9 Å². The Morgan fingerprint density at radius 3 is 2.08 bits per heavy atom. The third-order valence-electron chi connectivity index (χ3n) is 2.22. The van der Waals surface area contributed by atoms with E-state index in [0.717, 1.165) is 31.3 Å². The first-order valence-electron chi connectivity index (χ1n) is 4.27. The summed E-state index contributed by atoms with van der Waals surface area (Å²) < 4.78 is 0. The zero-order chi connectivity index (χ0) is 9.84. The highest BCUT2D eigenvalue weighted by Gasteiger charge is 2.19. The summed E-state index contributed by atoms with van der Waals surface area (Å²) >= 11 is 0. The molecule has 0 heterocycles. The van der Waals surface area contributed by atoms with E-state index in [2.05, 4.69) is 0 Å². The van der Waals surface area contributed by atoms with Crippen molar-refractivity contribution in [1.29, 1.82) is 0 Å². The summed E-state index contributed by atoms with van der Waals surface area (Å²) in [5, 5.41) is 17.3. The van der Waals surface area contributed by atoms with E-state index in [-0.39, 0.29) is 12.0 Å². The van der Waals surface area contributed by atoms with Crippen molar-refractivity contribution in [3.63, 3.8) is 0 Å². The van der Waals surface area contributed by atoms with E-state index in [0.29, 0.717) is 0 Å². The van der Waals surface area contributed by atoms with Crippen molar-refractivity contribution < 1.29 is 19.8 Å². The highest BCUT2D eigenvalue weighted by Crippen LogP contribution is 2.28. The maximum atomic E-state index is 10.7. The van der Waals surface area contributed by atoms with Crippen molar-refractivity contribution in [2.75, 3.05) is 0 Å². The van der Waals surface area contributed by atoms with Gasteiger partial charge in [0.1, 0.15) is 0 Å². The van der Waals surface area contributed by atoms with Gasteiger partial charge in [-0.05, 0) is 25.7 Å². The van der Waals surface area contributed by atoms with Crippen LogP contribution in [-0.4, -0.2) is 22.2 Å². The Bertz CT molecular complexity index is 257. The largest absolute Gasteiger partial charge is 0.481 e. The maximum absolute atomic E-state index is 10.7. The number of carboxylic acid groups (broad SMARTS) is 2. The molecule has 0 atom stereocenters. The molecule has 1 aliphatic rings. The minimum absolute atomic E-state index is 0.0880. The van der Waals surface area contributed by atoms with Crippen LogP contribution in [0.1, 0.15) is 32.1 Å². The van der Waals surface area contributed by atoms with E-state index in [1.54, 1.807) is 0 Å². The summed E-state index contributed by atoms with van der Waals surface area (Å²) in [4.78, 5) is 21.1. The Morgan fingerprint density at radius 1 is 1.15 bits per heavy atom. The smallest absolute Gasteiger partial charge is 0.332 e.